The number of pyridine rings is 1. The molecule has 2 heterocycles. The van der Waals surface area contributed by atoms with Crippen molar-refractivity contribution in [1.82, 2.24) is 9.55 Å². The van der Waals surface area contributed by atoms with Crippen molar-refractivity contribution in [1.29, 1.82) is 0 Å². The van der Waals surface area contributed by atoms with E-state index >= 15 is 0 Å². The molecule has 72 valence electrons. The molecule has 14 heavy (non-hydrogen) atoms. The van der Waals surface area contributed by atoms with E-state index < -0.39 is 5.97 Å². The van der Waals surface area contributed by atoms with Gasteiger partial charge in [0.2, 0.25) is 0 Å². The summed E-state index contributed by atoms with van der Waals surface area (Å²) in [6, 6.07) is 1.73. The largest absolute Gasteiger partial charge is 0.478 e. The summed E-state index contributed by atoms with van der Waals surface area (Å²) in [5.74, 6) is -0.995. The molecule has 0 spiro atoms. The van der Waals surface area contributed by atoms with E-state index in [1.54, 1.807) is 23.9 Å². The van der Waals surface area contributed by atoms with Crippen LogP contribution in [0.3, 0.4) is 0 Å². The van der Waals surface area contributed by atoms with E-state index in [4.69, 9.17) is 16.7 Å². The van der Waals surface area contributed by atoms with Crippen molar-refractivity contribution in [2.75, 3.05) is 0 Å². The molecule has 0 aliphatic heterocycles. The molecular weight excluding hydrogens is 204 g/mol. The fourth-order valence-corrected chi connectivity index (χ4v) is 1.71. The van der Waals surface area contributed by atoms with Crippen LogP contribution in [0.2, 0.25) is 5.15 Å². The Bertz CT molecular complexity index is 519. The van der Waals surface area contributed by atoms with Gasteiger partial charge in [-0.1, -0.05) is 11.6 Å². The third kappa shape index (κ3) is 1.15. The van der Waals surface area contributed by atoms with Crippen LogP contribution < -0.4 is 0 Å². The van der Waals surface area contributed by atoms with Crippen LogP contribution in [0.1, 0.15) is 10.4 Å². The smallest absolute Gasteiger partial charge is 0.337 e. The van der Waals surface area contributed by atoms with E-state index in [1.165, 1.54) is 6.20 Å². The number of carbonyl (C=O) groups is 1. The fourth-order valence-electron chi connectivity index (χ4n) is 1.46. The number of hydrogen-bond acceptors (Lipinski definition) is 2. The zero-order chi connectivity index (χ0) is 10.3. The van der Waals surface area contributed by atoms with E-state index in [9.17, 15) is 4.79 Å². The zero-order valence-corrected chi connectivity index (χ0v) is 8.12. The molecular formula is C9H7ClN2O2. The predicted molar refractivity (Wildman–Crippen MR) is 52.7 cm³/mol. The molecule has 5 heteroatoms. The summed E-state index contributed by atoms with van der Waals surface area (Å²) in [4.78, 5) is 14.7. The number of fused-ring (bicyclic) bond motifs is 1. The molecule has 0 atom stereocenters. The Kier molecular flexibility index (Phi) is 1.93. The molecule has 4 nitrogen and oxygen atoms in total. The van der Waals surface area contributed by atoms with E-state index in [0.29, 0.717) is 5.39 Å². The van der Waals surface area contributed by atoms with Gasteiger partial charge in [0.05, 0.1) is 16.5 Å². The molecule has 2 aromatic heterocycles. The van der Waals surface area contributed by atoms with Gasteiger partial charge >= 0.3 is 5.97 Å². The first-order valence-corrected chi connectivity index (χ1v) is 4.32. The third-order valence-corrected chi connectivity index (χ3v) is 2.37. The first-order valence-electron chi connectivity index (χ1n) is 3.94. The minimum Gasteiger partial charge on any atom is -0.478 e. The molecule has 0 unspecified atom stereocenters. The highest BCUT2D eigenvalue weighted by atomic mass is 35.5. The summed E-state index contributed by atoms with van der Waals surface area (Å²) in [5, 5.41) is 9.63. The Hall–Kier alpha value is -1.55. The van der Waals surface area contributed by atoms with E-state index in [1.807, 2.05) is 0 Å². The molecule has 0 aromatic carbocycles. The minimum absolute atomic E-state index is 0.181. The van der Waals surface area contributed by atoms with Gasteiger partial charge in [0, 0.05) is 19.4 Å². The van der Waals surface area contributed by atoms with E-state index in [0.717, 1.165) is 5.52 Å². The number of nitrogens with zero attached hydrogens (tertiary/aromatic N) is 2. The Morgan fingerprint density at radius 1 is 1.64 bits per heavy atom. The van der Waals surface area contributed by atoms with Gasteiger partial charge in [0.1, 0.15) is 5.15 Å². The zero-order valence-electron chi connectivity index (χ0n) is 7.36. The van der Waals surface area contributed by atoms with Gasteiger partial charge in [-0.3, -0.25) is 0 Å². The topological polar surface area (TPSA) is 55.1 Å². The summed E-state index contributed by atoms with van der Waals surface area (Å²) < 4.78 is 1.71. The summed E-state index contributed by atoms with van der Waals surface area (Å²) in [6.07, 6.45) is 3.08. The van der Waals surface area contributed by atoms with Crippen molar-refractivity contribution in [2.24, 2.45) is 7.05 Å². The quantitative estimate of drug-likeness (QED) is 0.732. The standard InChI is InChI=1S/C9H7ClN2O2/c1-12-4-5(9(13)14)7-6(12)2-3-11-8(7)10/h2-4H,1H3,(H,13,14). The fraction of sp³-hybridized carbons (Fsp3) is 0.111. The average molecular weight is 211 g/mol. The van der Waals surface area contributed by atoms with Crippen LogP contribution in [0.5, 0.6) is 0 Å². The predicted octanol–water partition coefficient (Wildman–Crippen LogP) is 1.92. The number of rotatable bonds is 1. The van der Waals surface area contributed by atoms with Gasteiger partial charge in [-0.05, 0) is 6.07 Å². The maximum absolute atomic E-state index is 10.9. The highest BCUT2D eigenvalue weighted by Crippen LogP contribution is 2.26. The SMILES string of the molecule is Cn1cc(C(=O)O)c2c(Cl)nccc21. The number of carboxylic acid groups (broad SMARTS) is 1. The molecule has 0 bridgehead atoms. The van der Waals surface area contributed by atoms with Crippen molar-refractivity contribution in [3.8, 4) is 0 Å². The summed E-state index contributed by atoms with van der Waals surface area (Å²) in [5.41, 5.74) is 0.947. The molecule has 0 radical (unpaired) electrons. The number of carboxylic acids is 1. The van der Waals surface area contributed by atoms with Crippen molar-refractivity contribution in [3.63, 3.8) is 0 Å². The van der Waals surface area contributed by atoms with Crippen molar-refractivity contribution >= 4 is 28.5 Å². The Labute approximate surface area is 84.7 Å². The lowest BCUT2D eigenvalue weighted by atomic mass is 10.2. The molecule has 2 rings (SSSR count). The van der Waals surface area contributed by atoms with Crippen LogP contribution in [0, 0.1) is 0 Å². The minimum atomic E-state index is -0.995. The number of aryl methyl sites for hydroxylation is 1. The maximum atomic E-state index is 10.9. The van der Waals surface area contributed by atoms with Gasteiger partial charge in [0.25, 0.3) is 0 Å². The van der Waals surface area contributed by atoms with Crippen LogP contribution >= 0.6 is 11.6 Å². The van der Waals surface area contributed by atoms with Crippen LogP contribution in [-0.2, 0) is 7.05 Å². The van der Waals surface area contributed by atoms with E-state index in [2.05, 4.69) is 4.98 Å². The molecule has 0 saturated heterocycles. The second-order valence-corrected chi connectivity index (χ2v) is 3.31. The van der Waals surface area contributed by atoms with Crippen molar-refractivity contribution in [3.05, 3.63) is 29.2 Å². The summed E-state index contributed by atoms with van der Waals surface area (Å²) >= 11 is 5.83. The molecule has 1 N–H and O–H groups in total. The highest BCUT2D eigenvalue weighted by molar-refractivity contribution is 6.35. The maximum Gasteiger partial charge on any atom is 0.337 e. The van der Waals surface area contributed by atoms with Gasteiger partial charge in [-0.25, -0.2) is 9.78 Å². The number of hydrogen-bond donors (Lipinski definition) is 1. The second-order valence-electron chi connectivity index (χ2n) is 2.95. The van der Waals surface area contributed by atoms with Gasteiger partial charge in [0.15, 0.2) is 0 Å². The number of aromatic nitrogens is 2. The van der Waals surface area contributed by atoms with Crippen LogP contribution in [0.25, 0.3) is 10.9 Å². The summed E-state index contributed by atoms with van der Waals surface area (Å²) in [6.45, 7) is 0. The van der Waals surface area contributed by atoms with Gasteiger partial charge in [-0.2, -0.15) is 0 Å². The first kappa shape index (κ1) is 9.02. The van der Waals surface area contributed by atoms with Crippen molar-refractivity contribution < 1.29 is 9.90 Å². The molecule has 0 saturated carbocycles. The first-order chi connectivity index (χ1) is 6.61. The average Bonchev–Trinajstić information content (AvgIpc) is 2.46. The van der Waals surface area contributed by atoms with Crippen LogP contribution in [0.4, 0.5) is 0 Å². The Balaban J connectivity index is 2.93. The Morgan fingerprint density at radius 3 is 3.00 bits per heavy atom. The van der Waals surface area contributed by atoms with E-state index in [-0.39, 0.29) is 10.7 Å². The second kappa shape index (κ2) is 2.99. The lowest BCUT2D eigenvalue weighted by Crippen LogP contribution is -1.94. The normalized spacial score (nSPS) is 10.7. The molecule has 0 aliphatic rings. The number of halogens is 1. The molecule has 2 aromatic rings. The highest BCUT2D eigenvalue weighted by Gasteiger charge is 2.15. The van der Waals surface area contributed by atoms with Crippen LogP contribution in [0.15, 0.2) is 18.5 Å². The van der Waals surface area contributed by atoms with Crippen molar-refractivity contribution in [2.45, 2.75) is 0 Å². The van der Waals surface area contributed by atoms with Gasteiger partial charge < -0.3 is 9.67 Å². The van der Waals surface area contributed by atoms with Crippen LogP contribution in [-0.4, -0.2) is 20.6 Å². The van der Waals surface area contributed by atoms with Gasteiger partial charge in [-0.15, -0.1) is 0 Å². The monoisotopic (exact) mass is 210 g/mol. The summed E-state index contributed by atoms with van der Waals surface area (Å²) in [7, 11) is 1.77. The lowest BCUT2D eigenvalue weighted by Gasteiger charge is -1.95. The third-order valence-electron chi connectivity index (χ3n) is 2.09. The molecule has 0 aliphatic carbocycles. The molecule has 0 fully saturated rings. The Morgan fingerprint density at radius 2 is 2.36 bits per heavy atom. The lowest BCUT2D eigenvalue weighted by molar-refractivity contribution is 0.0699. The molecule has 0 amide bonds. The number of aromatic carboxylic acids is 1.